The molecule has 4 nitrogen and oxygen atoms in total. The van der Waals surface area contributed by atoms with E-state index in [9.17, 15) is 4.79 Å². The Morgan fingerprint density at radius 3 is 2.50 bits per heavy atom. The third kappa shape index (κ3) is 4.92. The van der Waals surface area contributed by atoms with Crippen LogP contribution < -0.4 is 4.74 Å². The quantitative estimate of drug-likeness (QED) is 0.722. The Kier molecular flexibility index (Phi) is 6.63. The second-order valence-electron chi connectivity index (χ2n) is 5.35. The minimum absolute atomic E-state index is 0.0752. The Bertz CT molecular complexity index is 534. The van der Waals surface area contributed by atoms with E-state index >= 15 is 0 Å². The maximum absolute atomic E-state index is 12.1. The lowest BCUT2D eigenvalue weighted by Crippen LogP contribution is -2.37. The highest BCUT2D eigenvalue weighted by Crippen LogP contribution is 2.33. The van der Waals surface area contributed by atoms with E-state index in [4.69, 9.17) is 39.5 Å². The molecule has 7 heteroatoms. The summed E-state index contributed by atoms with van der Waals surface area (Å²) >= 11 is 17.8. The fourth-order valence-electron chi connectivity index (χ4n) is 2.29. The molecule has 1 aromatic rings. The molecule has 0 radical (unpaired) electrons. The SMILES string of the molecule is CN(CCN1CCCC1)C(=O)COc1cc(Cl)c(Cl)cc1Cl. The second-order valence-corrected chi connectivity index (χ2v) is 6.57. The molecular weight excluding hydrogens is 347 g/mol. The Morgan fingerprint density at radius 2 is 1.82 bits per heavy atom. The first-order valence-corrected chi connectivity index (χ1v) is 8.34. The van der Waals surface area contributed by atoms with Crippen LogP contribution >= 0.6 is 34.8 Å². The van der Waals surface area contributed by atoms with Gasteiger partial charge in [0.1, 0.15) is 5.75 Å². The number of ether oxygens (including phenoxy) is 1. The number of hydrogen-bond donors (Lipinski definition) is 0. The van der Waals surface area contributed by atoms with Gasteiger partial charge in [-0.3, -0.25) is 4.79 Å². The Morgan fingerprint density at radius 1 is 1.18 bits per heavy atom. The number of benzene rings is 1. The van der Waals surface area contributed by atoms with Gasteiger partial charge in [-0.25, -0.2) is 0 Å². The van der Waals surface area contributed by atoms with Crippen molar-refractivity contribution < 1.29 is 9.53 Å². The summed E-state index contributed by atoms with van der Waals surface area (Å²) < 4.78 is 5.45. The summed E-state index contributed by atoms with van der Waals surface area (Å²) in [6, 6.07) is 3.02. The van der Waals surface area contributed by atoms with E-state index in [1.165, 1.54) is 25.0 Å². The third-order valence-electron chi connectivity index (χ3n) is 3.70. The van der Waals surface area contributed by atoms with Crippen molar-refractivity contribution in [2.24, 2.45) is 0 Å². The Balaban J connectivity index is 1.80. The van der Waals surface area contributed by atoms with E-state index in [0.29, 0.717) is 27.4 Å². The van der Waals surface area contributed by atoms with Crippen LogP contribution in [0.15, 0.2) is 12.1 Å². The van der Waals surface area contributed by atoms with E-state index in [-0.39, 0.29) is 12.5 Å². The summed E-state index contributed by atoms with van der Waals surface area (Å²) in [5, 5.41) is 1.03. The highest BCUT2D eigenvalue weighted by molar-refractivity contribution is 6.43. The van der Waals surface area contributed by atoms with Gasteiger partial charge in [0.15, 0.2) is 6.61 Å². The van der Waals surface area contributed by atoms with Crippen molar-refractivity contribution in [3.8, 4) is 5.75 Å². The molecule has 0 aromatic heterocycles. The number of amides is 1. The molecule has 1 aliphatic rings. The van der Waals surface area contributed by atoms with Crippen molar-refractivity contribution in [3.05, 3.63) is 27.2 Å². The highest BCUT2D eigenvalue weighted by Gasteiger charge is 2.15. The summed E-state index contributed by atoms with van der Waals surface area (Å²) in [7, 11) is 1.78. The van der Waals surface area contributed by atoms with Gasteiger partial charge in [-0.1, -0.05) is 34.8 Å². The van der Waals surface area contributed by atoms with Crippen molar-refractivity contribution in [3.63, 3.8) is 0 Å². The molecule has 1 heterocycles. The van der Waals surface area contributed by atoms with Crippen LogP contribution in [0.5, 0.6) is 5.75 Å². The van der Waals surface area contributed by atoms with Crippen LogP contribution in [0.3, 0.4) is 0 Å². The number of rotatable bonds is 6. The predicted molar refractivity (Wildman–Crippen MR) is 90.3 cm³/mol. The smallest absolute Gasteiger partial charge is 0.260 e. The number of likely N-dealkylation sites (tertiary alicyclic amines) is 1. The van der Waals surface area contributed by atoms with Gasteiger partial charge >= 0.3 is 0 Å². The summed E-state index contributed by atoms with van der Waals surface area (Å²) in [5.41, 5.74) is 0. The van der Waals surface area contributed by atoms with Gasteiger partial charge in [-0.2, -0.15) is 0 Å². The molecule has 1 fully saturated rings. The first-order chi connectivity index (χ1) is 10.5. The number of likely N-dealkylation sites (N-methyl/N-ethyl adjacent to an activating group) is 1. The molecule has 0 saturated carbocycles. The van der Waals surface area contributed by atoms with Crippen molar-refractivity contribution in [2.45, 2.75) is 12.8 Å². The molecule has 122 valence electrons. The summed E-state index contributed by atoms with van der Waals surface area (Å²) in [6.07, 6.45) is 2.49. The van der Waals surface area contributed by atoms with Crippen molar-refractivity contribution >= 4 is 40.7 Å². The molecule has 1 saturated heterocycles. The van der Waals surface area contributed by atoms with Crippen molar-refractivity contribution in [1.29, 1.82) is 0 Å². The van der Waals surface area contributed by atoms with E-state index in [2.05, 4.69) is 4.90 Å². The molecule has 0 atom stereocenters. The Labute approximate surface area is 145 Å². The molecule has 22 heavy (non-hydrogen) atoms. The molecule has 2 rings (SSSR count). The van der Waals surface area contributed by atoms with Gasteiger partial charge in [0, 0.05) is 26.2 Å². The number of hydrogen-bond acceptors (Lipinski definition) is 3. The summed E-state index contributed by atoms with van der Waals surface area (Å²) in [4.78, 5) is 16.1. The van der Waals surface area contributed by atoms with E-state index in [0.717, 1.165) is 19.6 Å². The highest BCUT2D eigenvalue weighted by atomic mass is 35.5. The van der Waals surface area contributed by atoms with Crippen LogP contribution in [0, 0.1) is 0 Å². The number of nitrogens with zero attached hydrogens (tertiary/aromatic N) is 2. The van der Waals surface area contributed by atoms with Crippen molar-refractivity contribution in [2.75, 3.05) is 39.8 Å². The van der Waals surface area contributed by atoms with Crippen LogP contribution in [-0.4, -0.2) is 55.5 Å². The fraction of sp³-hybridized carbons (Fsp3) is 0.533. The maximum atomic E-state index is 12.1. The average Bonchev–Trinajstić information content (AvgIpc) is 3.00. The zero-order valence-corrected chi connectivity index (χ0v) is 14.7. The van der Waals surface area contributed by atoms with Gasteiger partial charge in [-0.15, -0.1) is 0 Å². The summed E-state index contributed by atoms with van der Waals surface area (Å²) in [6.45, 7) is 3.76. The molecule has 1 aliphatic heterocycles. The fourth-order valence-corrected chi connectivity index (χ4v) is 2.88. The van der Waals surface area contributed by atoms with Crippen LogP contribution in [0.1, 0.15) is 12.8 Å². The van der Waals surface area contributed by atoms with Gasteiger partial charge in [0.05, 0.1) is 15.1 Å². The molecular formula is C15H19Cl3N2O2. The van der Waals surface area contributed by atoms with Crippen LogP contribution in [0.2, 0.25) is 15.1 Å². The predicted octanol–water partition coefficient (Wildman–Crippen LogP) is 3.58. The number of carbonyl (C=O) groups excluding carboxylic acids is 1. The lowest BCUT2D eigenvalue weighted by atomic mass is 10.3. The molecule has 0 N–H and O–H groups in total. The molecule has 0 spiro atoms. The normalized spacial score (nSPS) is 15.1. The van der Waals surface area contributed by atoms with Gasteiger partial charge in [-0.05, 0) is 32.0 Å². The second kappa shape index (κ2) is 8.25. The lowest BCUT2D eigenvalue weighted by Gasteiger charge is -2.21. The van der Waals surface area contributed by atoms with Crippen molar-refractivity contribution in [1.82, 2.24) is 9.80 Å². The molecule has 1 amide bonds. The minimum Gasteiger partial charge on any atom is -0.482 e. The number of halogens is 3. The van der Waals surface area contributed by atoms with Crippen LogP contribution in [0.4, 0.5) is 0 Å². The van der Waals surface area contributed by atoms with Gasteiger partial charge in [0.2, 0.25) is 0 Å². The maximum Gasteiger partial charge on any atom is 0.260 e. The van der Waals surface area contributed by atoms with Crippen LogP contribution in [-0.2, 0) is 4.79 Å². The van der Waals surface area contributed by atoms with E-state index in [1.807, 2.05) is 0 Å². The number of carbonyl (C=O) groups is 1. The first-order valence-electron chi connectivity index (χ1n) is 7.21. The third-order valence-corrected chi connectivity index (χ3v) is 4.72. The monoisotopic (exact) mass is 364 g/mol. The molecule has 0 aliphatic carbocycles. The molecule has 0 bridgehead atoms. The average molecular weight is 366 g/mol. The zero-order chi connectivity index (χ0) is 16.1. The Hall–Kier alpha value is -0.680. The molecule has 0 unspecified atom stereocenters. The first kappa shape index (κ1) is 17.7. The van der Waals surface area contributed by atoms with Gasteiger partial charge in [0.25, 0.3) is 5.91 Å². The molecule has 1 aromatic carbocycles. The topological polar surface area (TPSA) is 32.8 Å². The standard InChI is InChI=1S/C15H19Cl3N2O2/c1-19(6-7-20-4-2-3-5-20)15(21)10-22-14-9-12(17)11(16)8-13(14)18/h8-9H,2-7,10H2,1H3. The summed E-state index contributed by atoms with van der Waals surface area (Å²) in [5.74, 6) is 0.263. The largest absolute Gasteiger partial charge is 0.482 e. The van der Waals surface area contributed by atoms with E-state index < -0.39 is 0 Å². The lowest BCUT2D eigenvalue weighted by molar-refractivity contribution is -0.132. The zero-order valence-electron chi connectivity index (χ0n) is 12.4. The van der Waals surface area contributed by atoms with Gasteiger partial charge < -0.3 is 14.5 Å². The minimum atomic E-state index is -0.0960. The van der Waals surface area contributed by atoms with Crippen LogP contribution in [0.25, 0.3) is 0 Å². The van der Waals surface area contributed by atoms with E-state index in [1.54, 1.807) is 11.9 Å².